The number of benzene rings is 1. The van der Waals surface area contributed by atoms with Crippen molar-refractivity contribution in [2.75, 3.05) is 0 Å². The molecule has 0 amide bonds. The Hall–Kier alpha value is -1.00. The van der Waals surface area contributed by atoms with Crippen molar-refractivity contribution < 1.29 is 0 Å². The summed E-state index contributed by atoms with van der Waals surface area (Å²) < 4.78 is 0. The third-order valence-electron chi connectivity index (χ3n) is 1.35. The van der Waals surface area contributed by atoms with E-state index >= 15 is 0 Å². The summed E-state index contributed by atoms with van der Waals surface area (Å²) in [6, 6.07) is 9.85. The van der Waals surface area contributed by atoms with E-state index in [1.165, 1.54) is 0 Å². The first kappa shape index (κ1) is 8.10. The average Bonchev–Trinajstić information content (AvgIpc) is 2.09. The van der Waals surface area contributed by atoms with Gasteiger partial charge in [0.25, 0.3) is 0 Å². The molecule has 0 spiro atoms. The van der Waals surface area contributed by atoms with Gasteiger partial charge in [0, 0.05) is 5.57 Å². The van der Waals surface area contributed by atoms with E-state index in [9.17, 15) is 0 Å². The van der Waals surface area contributed by atoms with Crippen molar-refractivity contribution in [2.24, 2.45) is 0 Å². The Kier molecular flexibility index (Phi) is 2.95. The minimum Gasteiger partial charge on any atom is -0.115 e. The molecule has 11 heavy (non-hydrogen) atoms. The highest BCUT2D eigenvalue weighted by molar-refractivity contribution is 9.11. The van der Waals surface area contributed by atoms with Crippen molar-refractivity contribution >= 4 is 21.5 Å². The fourth-order valence-electron chi connectivity index (χ4n) is 0.796. The molecule has 0 heterocycles. The van der Waals surface area contributed by atoms with E-state index in [2.05, 4.69) is 21.9 Å². The van der Waals surface area contributed by atoms with Gasteiger partial charge >= 0.3 is 0 Å². The standard InChI is InChI=1S/C10H7Br/c1-2-9(8-11)10-6-4-3-5-7-10/h1,3-8H/b9-8-. The summed E-state index contributed by atoms with van der Waals surface area (Å²) in [6.45, 7) is 0. The van der Waals surface area contributed by atoms with E-state index in [0.29, 0.717) is 0 Å². The number of rotatable bonds is 1. The summed E-state index contributed by atoms with van der Waals surface area (Å²) in [6.07, 6.45) is 5.27. The normalized spacial score (nSPS) is 10.7. The lowest BCUT2D eigenvalue weighted by atomic mass is 10.1. The molecule has 0 nitrogen and oxygen atoms in total. The maximum Gasteiger partial charge on any atom is 0.0384 e. The van der Waals surface area contributed by atoms with E-state index in [1.807, 2.05) is 30.3 Å². The smallest absolute Gasteiger partial charge is 0.0384 e. The molecule has 0 saturated heterocycles. The van der Waals surface area contributed by atoms with Crippen LogP contribution in [-0.2, 0) is 0 Å². The monoisotopic (exact) mass is 206 g/mol. The SMILES string of the molecule is C#C/C(=C/Br)c1ccccc1. The largest absolute Gasteiger partial charge is 0.115 e. The van der Waals surface area contributed by atoms with Crippen molar-refractivity contribution in [1.29, 1.82) is 0 Å². The average molecular weight is 207 g/mol. The molecular weight excluding hydrogens is 200 g/mol. The Bertz CT molecular complexity index is 290. The Morgan fingerprint density at radius 2 is 2.00 bits per heavy atom. The van der Waals surface area contributed by atoms with Gasteiger partial charge in [0.1, 0.15) is 0 Å². The van der Waals surface area contributed by atoms with Crippen LogP contribution in [0.1, 0.15) is 5.56 Å². The summed E-state index contributed by atoms with van der Waals surface area (Å²) in [5, 5.41) is 0. The summed E-state index contributed by atoms with van der Waals surface area (Å²) in [7, 11) is 0. The fourth-order valence-corrected chi connectivity index (χ4v) is 1.19. The predicted molar refractivity (Wildman–Crippen MR) is 52.2 cm³/mol. The molecule has 1 heteroatoms. The van der Waals surface area contributed by atoms with Crippen LogP contribution in [0.2, 0.25) is 0 Å². The van der Waals surface area contributed by atoms with Crippen LogP contribution in [0.4, 0.5) is 0 Å². The molecule has 0 unspecified atom stereocenters. The van der Waals surface area contributed by atoms with Crippen molar-refractivity contribution in [2.45, 2.75) is 0 Å². The molecule has 0 saturated carbocycles. The third-order valence-corrected chi connectivity index (χ3v) is 1.81. The molecule has 0 fully saturated rings. The number of hydrogen-bond acceptors (Lipinski definition) is 0. The first-order chi connectivity index (χ1) is 5.38. The molecule has 0 aliphatic carbocycles. The molecule has 0 N–H and O–H groups in total. The lowest BCUT2D eigenvalue weighted by Gasteiger charge is -1.95. The molecular formula is C10H7Br. The van der Waals surface area contributed by atoms with Crippen LogP contribution < -0.4 is 0 Å². The quantitative estimate of drug-likeness (QED) is 0.621. The van der Waals surface area contributed by atoms with Gasteiger partial charge in [-0.1, -0.05) is 52.2 Å². The maximum atomic E-state index is 5.27. The summed E-state index contributed by atoms with van der Waals surface area (Å²) >= 11 is 3.21. The van der Waals surface area contributed by atoms with Crippen LogP contribution >= 0.6 is 15.9 Å². The summed E-state index contributed by atoms with van der Waals surface area (Å²) in [5.41, 5.74) is 1.93. The summed E-state index contributed by atoms with van der Waals surface area (Å²) in [4.78, 5) is 1.75. The third kappa shape index (κ3) is 1.96. The van der Waals surface area contributed by atoms with Gasteiger partial charge in [-0.2, -0.15) is 0 Å². The predicted octanol–water partition coefficient (Wildman–Crippen LogP) is 3.06. The molecule has 0 atom stereocenters. The molecule has 1 rings (SSSR count). The second kappa shape index (κ2) is 4.00. The Morgan fingerprint density at radius 3 is 2.45 bits per heavy atom. The van der Waals surface area contributed by atoms with E-state index in [1.54, 1.807) is 4.99 Å². The number of terminal acetylenes is 1. The lowest BCUT2D eigenvalue weighted by molar-refractivity contribution is 1.64. The van der Waals surface area contributed by atoms with Crippen molar-refractivity contribution in [3.8, 4) is 12.3 Å². The molecule has 0 aliphatic heterocycles. The van der Waals surface area contributed by atoms with Gasteiger partial charge in [0.15, 0.2) is 0 Å². The molecule has 1 aromatic carbocycles. The van der Waals surface area contributed by atoms with Gasteiger partial charge in [-0.05, 0) is 10.5 Å². The molecule has 0 radical (unpaired) electrons. The highest BCUT2D eigenvalue weighted by atomic mass is 79.9. The fraction of sp³-hybridized carbons (Fsp3) is 0. The molecule has 54 valence electrons. The Balaban J connectivity index is 3.05. The van der Waals surface area contributed by atoms with Crippen LogP contribution in [-0.4, -0.2) is 0 Å². The van der Waals surface area contributed by atoms with E-state index in [-0.39, 0.29) is 0 Å². The van der Waals surface area contributed by atoms with Gasteiger partial charge < -0.3 is 0 Å². The second-order valence-electron chi connectivity index (χ2n) is 2.03. The van der Waals surface area contributed by atoms with E-state index < -0.39 is 0 Å². The number of halogens is 1. The van der Waals surface area contributed by atoms with Crippen LogP contribution in [0.5, 0.6) is 0 Å². The van der Waals surface area contributed by atoms with Gasteiger partial charge in [-0.15, -0.1) is 6.42 Å². The van der Waals surface area contributed by atoms with Crippen LogP contribution in [0, 0.1) is 12.3 Å². The minimum absolute atomic E-state index is 0.866. The van der Waals surface area contributed by atoms with Gasteiger partial charge in [-0.25, -0.2) is 0 Å². The molecule has 0 aliphatic rings. The molecule has 1 aromatic rings. The zero-order valence-corrected chi connectivity index (χ0v) is 7.51. The van der Waals surface area contributed by atoms with Gasteiger partial charge in [0.2, 0.25) is 0 Å². The van der Waals surface area contributed by atoms with E-state index in [0.717, 1.165) is 11.1 Å². The highest BCUT2D eigenvalue weighted by Crippen LogP contribution is 2.13. The van der Waals surface area contributed by atoms with Gasteiger partial charge in [-0.3, -0.25) is 0 Å². The molecule has 0 bridgehead atoms. The van der Waals surface area contributed by atoms with Crippen molar-refractivity contribution in [3.05, 3.63) is 40.9 Å². The van der Waals surface area contributed by atoms with Crippen LogP contribution in [0.15, 0.2) is 35.3 Å². The first-order valence-electron chi connectivity index (χ1n) is 3.21. The van der Waals surface area contributed by atoms with Crippen molar-refractivity contribution in [3.63, 3.8) is 0 Å². The maximum absolute atomic E-state index is 5.27. The van der Waals surface area contributed by atoms with Crippen LogP contribution in [0.3, 0.4) is 0 Å². The molecule has 0 aromatic heterocycles. The van der Waals surface area contributed by atoms with Crippen molar-refractivity contribution in [1.82, 2.24) is 0 Å². The Morgan fingerprint density at radius 1 is 1.36 bits per heavy atom. The lowest BCUT2D eigenvalue weighted by Crippen LogP contribution is -1.76. The summed E-state index contributed by atoms with van der Waals surface area (Å²) in [5.74, 6) is 2.58. The zero-order chi connectivity index (χ0) is 8.10. The second-order valence-corrected chi connectivity index (χ2v) is 2.49. The number of hydrogen-bond donors (Lipinski definition) is 0. The number of allylic oxidation sites excluding steroid dienone is 1. The van der Waals surface area contributed by atoms with Crippen LogP contribution in [0.25, 0.3) is 5.57 Å². The minimum atomic E-state index is 0.866. The zero-order valence-electron chi connectivity index (χ0n) is 5.92. The topological polar surface area (TPSA) is 0 Å². The highest BCUT2D eigenvalue weighted by Gasteiger charge is 1.93. The van der Waals surface area contributed by atoms with E-state index in [4.69, 9.17) is 6.42 Å². The van der Waals surface area contributed by atoms with Gasteiger partial charge in [0.05, 0.1) is 0 Å². The first-order valence-corrected chi connectivity index (χ1v) is 4.12. The Labute approximate surface area is 75.1 Å².